The lowest BCUT2D eigenvalue weighted by molar-refractivity contribution is -0.143. The number of rotatable bonds is 0. The molecule has 0 aromatic heterocycles. The van der Waals surface area contributed by atoms with Gasteiger partial charge in [0.15, 0.2) is 0 Å². The van der Waals surface area contributed by atoms with Crippen molar-refractivity contribution >= 4 is 11.6 Å². The van der Waals surface area contributed by atoms with Gasteiger partial charge in [0.25, 0.3) is 0 Å². The predicted molar refractivity (Wildman–Crippen MR) is 59.1 cm³/mol. The van der Waals surface area contributed by atoms with Gasteiger partial charge < -0.3 is 0 Å². The van der Waals surface area contributed by atoms with Gasteiger partial charge in [0.05, 0.1) is 0 Å². The van der Waals surface area contributed by atoms with Gasteiger partial charge in [-0.25, -0.2) is 0 Å². The summed E-state index contributed by atoms with van der Waals surface area (Å²) in [5, 5.41) is 0. The molecular formula is C13H13NO2. The normalized spacial score (nSPS) is 25.1. The van der Waals surface area contributed by atoms with Crippen molar-refractivity contribution < 1.29 is 9.59 Å². The van der Waals surface area contributed by atoms with Crippen molar-refractivity contribution in [2.24, 2.45) is 0 Å². The molecule has 2 aliphatic rings. The Morgan fingerprint density at radius 2 is 1.81 bits per heavy atom. The number of Topliss-reactive ketones (excluding diaryl/α,β-unsaturated/α-hetero) is 2. The Bertz CT molecular complexity index is 467. The Balaban J connectivity index is 2.08. The Morgan fingerprint density at radius 3 is 2.69 bits per heavy atom. The van der Waals surface area contributed by atoms with Crippen LogP contribution >= 0.6 is 0 Å². The van der Waals surface area contributed by atoms with Crippen LogP contribution in [0.4, 0.5) is 0 Å². The molecule has 82 valence electrons. The van der Waals surface area contributed by atoms with Crippen molar-refractivity contribution in [2.45, 2.75) is 18.9 Å². The van der Waals surface area contributed by atoms with E-state index in [-0.39, 0.29) is 17.6 Å². The first kappa shape index (κ1) is 9.73. The number of hydrogen-bond donors (Lipinski definition) is 0. The van der Waals surface area contributed by atoms with Gasteiger partial charge in [-0.3, -0.25) is 14.5 Å². The second kappa shape index (κ2) is 3.52. The molecule has 0 amide bonds. The molecular weight excluding hydrogens is 202 g/mol. The third kappa shape index (κ3) is 1.32. The fourth-order valence-corrected chi connectivity index (χ4v) is 2.69. The van der Waals surface area contributed by atoms with Crippen molar-refractivity contribution in [1.29, 1.82) is 0 Å². The van der Waals surface area contributed by atoms with Gasteiger partial charge in [0.2, 0.25) is 11.6 Å². The van der Waals surface area contributed by atoms with Crippen molar-refractivity contribution in [3.05, 3.63) is 35.4 Å². The molecule has 2 heterocycles. The van der Waals surface area contributed by atoms with Gasteiger partial charge in [-0.1, -0.05) is 24.3 Å². The summed E-state index contributed by atoms with van der Waals surface area (Å²) in [7, 11) is 0. The van der Waals surface area contributed by atoms with Crippen molar-refractivity contribution in [3.8, 4) is 0 Å². The highest BCUT2D eigenvalue weighted by Gasteiger charge is 2.39. The standard InChI is InChI=1S/C13H13NO2/c15-11-6-8-14-7-5-9-3-1-2-4-10(9)12(14)13(11)16/h1-4,12H,5-8H2. The number of nitrogens with zero attached hydrogens (tertiary/aromatic N) is 1. The molecule has 0 spiro atoms. The first-order valence-corrected chi connectivity index (χ1v) is 5.66. The first-order valence-electron chi connectivity index (χ1n) is 5.66. The minimum Gasteiger partial charge on any atom is -0.291 e. The Morgan fingerprint density at radius 1 is 1.06 bits per heavy atom. The molecule has 0 saturated carbocycles. The summed E-state index contributed by atoms with van der Waals surface area (Å²) in [5.74, 6) is -0.434. The van der Waals surface area contributed by atoms with Gasteiger partial charge in [-0.15, -0.1) is 0 Å². The number of piperidine rings is 1. The Labute approximate surface area is 94.1 Å². The molecule has 3 nitrogen and oxygen atoms in total. The first-order chi connectivity index (χ1) is 7.77. The van der Waals surface area contributed by atoms with E-state index in [1.54, 1.807) is 0 Å². The maximum Gasteiger partial charge on any atom is 0.220 e. The van der Waals surface area contributed by atoms with E-state index in [1.807, 2.05) is 18.2 Å². The van der Waals surface area contributed by atoms with E-state index in [4.69, 9.17) is 0 Å². The van der Waals surface area contributed by atoms with E-state index in [0.29, 0.717) is 6.42 Å². The number of carbonyl (C=O) groups excluding carboxylic acids is 2. The highest BCUT2D eigenvalue weighted by atomic mass is 16.2. The van der Waals surface area contributed by atoms with Crippen LogP contribution in [0.1, 0.15) is 23.6 Å². The van der Waals surface area contributed by atoms with Crippen molar-refractivity contribution in [3.63, 3.8) is 0 Å². The number of ketones is 2. The monoisotopic (exact) mass is 215 g/mol. The van der Waals surface area contributed by atoms with Gasteiger partial charge in [-0.2, -0.15) is 0 Å². The number of fused-ring (bicyclic) bond motifs is 3. The van der Waals surface area contributed by atoms with E-state index < -0.39 is 0 Å². The lowest BCUT2D eigenvalue weighted by Crippen LogP contribution is -2.47. The lowest BCUT2D eigenvalue weighted by Gasteiger charge is -2.38. The maximum atomic E-state index is 11.9. The molecule has 0 bridgehead atoms. The molecule has 1 aromatic carbocycles. The summed E-state index contributed by atoms with van der Waals surface area (Å²) < 4.78 is 0. The number of benzene rings is 1. The van der Waals surface area contributed by atoms with Gasteiger partial charge in [0, 0.05) is 19.5 Å². The second-order valence-corrected chi connectivity index (χ2v) is 4.42. The zero-order valence-corrected chi connectivity index (χ0v) is 8.98. The van der Waals surface area contributed by atoms with Crippen LogP contribution in [0.3, 0.4) is 0 Å². The zero-order valence-electron chi connectivity index (χ0n) is 8.98. The number of hydrogen-bond acceptors (Lipinski definition) is 3. The van der Waals surface area contributed by atoms with Crippen LogP contribution in [0.2, 0.25) is 0 Å². The van der Waals surface area contributed by atoms with Gasteiger partial charge in [0.1, 0.15) is 6.04 Å². The molecule has 0 N–H and O–H groups in total. The predicted octanol–water partition coefficient (Wildman–Crippen LogP) is 1.13. The minimum atomic E-state index is -0.300. The van der Waals surface area contributed by atoms with E-state index in [0.717, 1.165) is 25.1 Å². The van der Waals surface area contributed by atoms with Crippen LogP contribution in [-0.2, 0) is 16.0 Å². The largest absolute Gasteiger partial charge is 0.291 e. The minimum absolute atomic E-state index is 0.210. The maximum absolute atomic E-state index is 11.9. The summed E-state index contributed by atoms with van der Waals surface area (Å²) >= 11 is 0. The molecule has 1 fully saturated rings. The molecule has 3 heteroatoms. The lowest BCUT2D eigenvalue weighted by atomic mass is 9.86. The average molecular weight is 215 g/mol. The third-order valence-electron chi connectivity index (χ3n) is 3.53. The zero-order chi connectivity index (χ0) is 11.1. The molecule has 1 aromatic rings. The van der Waals surface area contributed by atoms with E-state index >= 15 is 0 Å². The van der Waals surface area contributed by atoms with Crippen LogP contribution < -0.4 is 0 Å². The van der Waals surface area contributed by atoms with Crippen LogP contribution in [0.15, 0.2) is 24.3 Å². The highest BCUT2D eigenvalue weighted by molar-refractivity contribution is 6.39. The molecule has 16 heavy (non-hydrogen) atoms. The molecule has 1 atom stereocenters. The van der Waals surface area contributed by atoms with E-state index in [2.05, 4.69) is 11.0 Å². The van der Waals surface area contributed by atoms with E-state index in [1.165, 1.54) is 5.56 Å². The summed E-state index contributed by atoms with van der Waals surface area (Å²) in [6, 6.07) is 7.66. The molecule has 0 radical (unpaired) electrons. The second-order valence-electron chi connectivity index (χ2n) is 4.42. The molecule has 0 aliphatic carbocycles. The van der Waals surface area contributed by atoms with Gasteiger partial charge >= 0.3 is 0 Å². The van der Waals surface area contributed by atoms with Crippen LogP contribution in [0, 0.1) is 0 Å². The quantitative estimate of drug-likeness (QED) is 0.609. The van der Waals surface area contributed by atoms with Gasteiger partial charge in [-0.05, 0) is 17.5 Å². The Kier molecular flexibility index (Phi) is 2.14. The molecule has 3 rings (SSSR count). The van der Waals surface area contributed by atoms with Crippen LogP contribution in [-0.4, -0.2) is 29.6 Å². The smallest absolute Gasteiger partial charge is 0.220 e. The molecule has 2 aliphatic heterocycles. The third-order valence-corrected chi connectivity index (χ3v) is 3.53. The summed E-state index contributed by atoms with van der Waals surface area (Å²) in [6.07, 6.45) is 1.37. The molecule has 1 unspecified atom stereocenters. The Hall–Kier alpha value is -1.48. The topological polar surface area (TPSA) is 37.4 Å². The SMILES string of the molecule is O=C1CCN2CCc3ccccc3C2C1=O. The fourth-order valence-electron chi connectivity index (χ4n) is 2.69. The fraction of sp³-hybridized carbons (Fsp3) is 0.385. The number of carbonyl (C=O) groups is 2. The average Bonchev–Trinajstić information content (AvgIpc) is 2.33. The molecule has 1 saturated heterocycles. The van der Waals surface area contributed by atoms with Crippen LogP contribution in [0.5, 0.6) is 0 Å². The van der Waals surface area contributed by atoms with Crippen molar-refractivity contribution in [2.75, 3.05) is 13.1 Å². The summed E-state index contributed by atoms with van der Waals surface area (Å²) in [4.78, 5) is 25.5. The van der Waals surface area contributed by atoms with Crippen molar-refractivity contribution in [1.82, 2.24) is 4.90 Å². The highest BCUT2D eigenvalue weighted by Crippen LogP contribution is 2.33. The summed E-state index contributed by atoms with van der Waals surface area (Å²) in [5.41, 5.74) is 2.25. The van der Waals surface area contributed by atoms with Crippen LogP contribution in [0.25, 0.3) is 0 Å². The summed E-state index contributed by atoms with van der Waals surface area (Å²) in [6.45, 7) is 1.62. The van der Waals surface area contributed by atoms with E-state index in [9.17, 15) is 9.59 Å².